The first kappa shape index (κ1) is 74.1. The van der Waals surface area contributed by atoms with Crippen molar-refractivity contribution in [2.45, 2.75) is 21.7 Å². The molecule has 0 amide bonds. The lowest BCUT2D eigenvalue weighted by Crippen LogP contribution is -2.44. The largest absolute Gasteiger partial charge is 0.208 e. The van der Waals surface area contributed by atoms with Crippen molar-refractivity contribution in [3.63, 3.8) is 0 Å². The molecule has 2 heterocycles. The van der Waals surface area contributed by atoms with E-state index in [1.807, 2.05) is 0 Å². The SMILES string of the molecule is c1ccc(-c2ccc(-c3nc(-c4ccc(-c5cccc(-c6ccc7cc(-c8nc(-c9ccc%10ccccc%10c9)nc(-c9cccc%10c9C9(c%11ccccc%11-c%11ccccc%119)c9ccccc9C%109c%10ccccc%10-c%10ccccc%109)n8)ccc7c6)c5)cc4)nc(-c4cccc5c4C4(c6ccccc6-c6ccccc64)c4ccccc4C54c5ccccc5-c5ccccc54)n3)cc2)cc1. The van der Waals surface area contributed by atoms with Gasteiger partial charge in [-0.2, -0.15) is 0 Å². The van der Waals surface area contributed by atoms with Crippen LogP contribution in [0.1, 0.15) is 89.0 Å². The second-order valence-electron chi connectivity index (χ2n) is 36.0. The molecule has 610 valence electrons. The van der Waals surface area contributed by atoms with Crippen LogP contribution in [0, 0.1) is 0 Å². The number of rotatable bonds is 9. The van der Waals surface area contributed by atoms with Crippen molar-refractivity contribution >= 4 is 21.5 Å². The summed E-state index contributed by atoms with van der Waals surface area (Å²) in [6.07, 6.45) is 0. The normalized spacial score (nSPS) is 14.2. The van der Waals surface area contributed by atoms with E-state index in [-0.39, 0.29) is 0 Å². The minimum atomic E-state index is -0.789. The second kappa shape index (κ2) is 28.2. The van der Waals surface area contributed by atoms with Crippen molar-refractivity contribution in [1.29, 1.82) is 0 Å². The summed E-state index contributed by atoms with van der Waals surface area (Å²) < 4.78 is 0. The Balaban J connectivity index is 0.570. The highest BCUT2D eigenvalue weighted by molar-refractivity contribution is 6.01. The molecular formula is C126H76N6. The molecule has 6 aliphatic rings. The van der Waals surface area contributed by atoms with Crippen molar-refractivity contribution in [3.8, 4) is 146 Å². The smallest absolute Gasteiger partial charge is 0.164 e. The van der Waals surface area contributed by atoms with Crippen LogP contribution in [-0.2, 0) is 21.7 Å². The molecule has 0 unspecified atom stereocenters. The van der Waals surface area contributed by atoms with Crippen LogP contribution in [0.15, 0.2) is 461 Å². The summed E-state index contributed by atoms with van der Waals surface area (Å²) in [4.78, 5) is 34.2. The zero-order chi connectivity index (χ0) is 86.5. The molecule has 4 spiro atoms. The first-order chi connectivity index (χ1) is 65.4. The standard InChI is InChI=1S/C126H76N6/c1-2-29-77(30-3-1)79-59-64-81(65-60-79)117-127-118(130-121(129-117)99-43-27-57-113-115(99)125(105-49-18-10-39-95(105)96-40-11-19-50-106(96)125)111-55-24-22-53-109(111)123(113)101-45-14-6-35-91(101)92-36-7-15-46-102(92)123)82-66-61-80(62-67-82)84-33-26-34-85(73-84)86-68-69-88-76-90(72-70-87(88)74-86)120-128-119(89-71-63-78-31-4-5-32-83(78)75-89)131-122(132-120)100-44-28-58-114-116(100)126(107-51-20-12-41-97(107)98-42-13-21-52-108(98)126)112-56-25-23-54-110(112)124(114)103-47-16-8-37-93(103)94-38-9-17-48-104(94)124/h1-76H. The van der Waals surface area contributed by atoms with Gasteiger partial charge < -0.3 is 0 Å². The Morgan fingerprint density at radius 2 is 0.326 bits per heavy atom. The monoisotopic (exact) mass is 1670 g/mol. The van der Waals surface area contributed by atoms with Gasteiger partial charge in [0.2, 0.25) is 0 Å². The Labute approximate surface area is 764 Å². The summed E-state index contributed by atoms with van der Waals surface area (Å²) >= 11 is 0. The van der Waals surface area contributed by atoms with Gasteiger partial charge in [0.25, 0.3) is 0 Å². The van der Waals surface area contributed by atoms with E-state index in [2.05, 4.69) is 461 Å². The van der Waals surface area contributed by atoms with Crippen LogP contribution in [0.2, 0.25) is 0 Å². The third-order valence-electron chi connectivity index (χ3n) is 29.7. The molecule has 28 rings (SSSR count). The summed E-state index contributed by atoms with van der Waals surface area (Å²) in [5.74, 6) is 3.56. The van der Waals surface area contributed by atoms with Crippen LogP contribution in [0.3, 0.4) is 0 Å². The van der Waals surface area contributed by atoms with E-state index in [9.17, 15) is 0 Å². The quantitative estimate of drug-likeness (QED) is 0.143. The summed E-state index contributed by atoms with van der Waals surface area (Å²) in [6, 6.07) is 171. The van der Waals surface area contributed by atoms with Gasteiger partial charge in [-0.25, -0.2) is 29.9 Å². The van der Waals surface area contributed by atoms with Crippen LogP contribution in [0.4, 0.5) is 0 Å². The number of aromatic nitrogens is 6. The van der Waals surface area contributed by atoms with Gasteiger partial charge in [0.05, 0.1) is 21.7 Å². The number of hydrogen-bond donors (Lipinski definition) is 0. The Bertz CT molecular complexity index is 8500. The first-order valence-electron chi connectivity index (χ1n) is 45.6. The fraction of sp³-hybridized carbons (Fsp3) is 0.0317. The lowest BCUT2D eigenvalue weighted by atomic mass is 9.51. The summed E-state index contributed by atoms with van der Waals surface area (Å²) in [6.45, 7) is 0. The molecule has 0 atom stereocenters. The maximum atomic E-state index is 5.81. The van der Waals surface area contributed by atoms with E-state index in [1.165, 1.54) is 134 Å². The average Bonchev–Trinajstić information content (AvgIpc) is 1.45. The minimum Gasteiger partial charge on any atom is -0.208 e. The molecule has 0 saturated carbocycles. The second-order valence-corrected chi connectivity index (χ2v) is 36.0. The molecular weight excluding hydrogens is 1600 g/mol. The highest BCUT2D eigenvalue weighted by Gasteiger charge is 2.62. The molecule has 0 bridgehead atoms. The van der Waals surface area contributed by atoms with Crippen LogP contribution >= 0.6 is 0 Å². The first-order valence-corrected chi connectivity index (χ1v) is 45.6. The van der Waals surface area contributed by atoms with Crippen LogP contribution < -0.4 is 0 Å². The molecule has 20 aromatic carbocycles. The van der Waals surface area contributed by atoms with Gasteiger partial charge in [-0.3, -0.25) is 0 Å². The van der Waals surface area contributed by atoms with Crippen LogP contribution in [-0.4, -0.2) is 29.9 Å². The van der Waals surface area contributed by atoms with Gasteiger partial charge in [0.1, 0.15) is 0 Å². The number of nitrogens with zero attached hydrogens (tertiary/aromatic N) is 6. The third kappa shape index (κ3) is 10.2. The number of fused-ring (bicyclic) bond motifs is 34. The summed E-state index contributed by atoms with van der Waals surface area (Å²) in [5, 5.41) is 4.42. The van der Waals surface area contributed by atoms with E-state index in [0.717, 1.165) is 88.3 Å². The number of hydrogen-bond acceptors (Lipinski definition) is 6. The molecule has 0 aliphatic heterocycles. The fourth-order valence-electron chi connectivity index (χ4n) is 24.5. The Hall–Kier alpha value is -17.1. The van der Waals surface area contributed by atoms with Crippen molar-refractivity contribution in [2.24, 2.45) is 0 Å². The highest BCUT2D eigenvalue weighted by atomic mass is 15.0. The van der Waals surface area contributed by atoms with Gasteiger partial charge in [-0.05, 0) is 213 Å². The van der Waals surface area contributed by atoms with Crippen molar-refractivity contribution in [2.75, 3.05) is 0 Å². The topological polar surface area (TPSA) is 77.3 Å². The molecule has 6 nitrogen and oxygen atoms in total. The van der Waals surface area contributed by atoms with Crippen molar-refractivity contribution < 1.29 is 0 Å². The van der Waals surface area contributed by atoms with E-state index in [4.69, 9.17) is 29.9 Å². The summed E-state index contributed by atoms with van der Waals surface area (Å²) in [7, 11) is 0. The Morgan fingerprint density at radius 1 is 0.114 bits per heavy atom. The van der Waals surface area contributed by atoms with Crippen LogP contribution in [0.25, 0.3) is 168 Å². The Morgan fingerprint density at radius 3 is 0.712 bits per heavy atom. The molecule has 6 aliphatic carbocycles. The van der Waals surface area contributed by atoms with Gasteiger partial charge in [0, 0.05) is 33.4 Å². The molecule has 0 saturated heterocycles. The highest BCUT2D eigenvalue weighted by Crippen LogP contribution is 2.71. The van der Waals surface area contributed by atoms with E-state index in [1.54, 1.807) is 0 Å². The minimum absolute atomic E-state index is 0.580. The van der Waals surface area contributed by atoms with E-state index in [0.29, 0.717) is 34.9 Å². The molecule has 0 N–H and O–H groups in total. The molecule has 0 radical (unpaired) electrons. The maximum Gasteiger partial charge on any atom is 0.164 e. The Kier molecular flexibility index (Phi) is 15.8. The van der Waals surface area contributed by atoms with Gasteiger partial charge in [-0.15, -0.1) is 0 Å². The molecule has 6 heteroatoms. The predicted octanol–water partition coefficient (Wildman–Crippen LogP) is 29.4. The maximum absolute atomic E-state index is 5.81. The molecule has 0 fully saturated rings. The van der Waals surface area contributed by atoms with Gasteiger partial charge in [0.15, 0.2) is 34.9 Å². The third-order valence-corrected chi connectivity index (χ3v) is 29.7. The van der Waals surface area contributed by atoms with E-state index >= 15 is 0 Å². The molecule has 2 aromatic heterocycles. The van der Waals surface area contributed by atoms with Gasteiger partial charge in [-0.1, -0.05) is 437 Å². The zero-order valence-corrected chi connectivity index (χ0v) is 71.6. The lowest BCUT2D eigenvalue weighted by Gasteiger charge is -2.49. The zero-order valence-electron chi connectivity index (χ0n) is 71.6. The van der Waals surface area contributed by atoms with Crippen molar-refractivity contribution in [1.82, 2.24) is 29.9 Å². The van der Waals surface area contributed by atoms with Gasteiger partial charge >= 0.3 is 0 Å². The van der Waals surface area contributed by atoms with E-state index < -0.39 is 21.7 Å². The van der Waals surface area contributed by atoms with Crippen molar-refractivity contribution in [3.05, 3.63) is 550 Å². The molecule has 22 aromatic rings. The fourth-order valence-corrected chi connectivity index (χ4v) is 24.5. The van der Waals surface area contributed by atoms with Crippen LogP contribution in [0.5, 0.6) is 0 Å². The summed E-state index contributed by atoms with van der Waals surface area (Å²) in [5.41, 5.74) is 38.8. The lowest BCUT2D eigenvalue weighted by molar-refractivity contribution is 0.633. The average molecular weight is 1670 g/mol. The molecule has 132 heavy (non-hydrogen) atoms. The number of benzene rings is 20. The predicted molar refractivity (Wildman–Crippen MR) is 533 cm³/mol.